The van der Waals surface area contributed by atoms with Crippen molar-refractivity contribution < 1.29 is 0 Å². The van der Waals surface area contributed by atoms with Crippen LogP contribution in [0.2, 0.25) is 0 Å². The van der Waals surface area contributed by atoms with E-state index in [0.29, 0.717) is 5.92 Å². The number of hydrogen-bond donors (Lipinski definition) is 2. The lowest BCUT2D eigenvalue weighted by Gasteiger charge is -2.08. The molecule has 14 heavy (non-hydrogen) atoms. The third-order valence-electron chi connectivity index (χ3n) is 2.50. The highest BCUT2D eigenvalue weighted by Gasteiger charge is 2.17. The maximum Gasteiger partial charge on any atom is 0.182 e. The van der Waals surface area contributed by atoms with E-state index < -0.39 is 0 Å². The first-order valence-corrected chi connectivity index (χ1v) is 4.67. The number of aryl methyl sites for hydroxylation is 1. The van der Waals surface area contributed by atoms with E-state index in [2.05, 4.69) is 10.3 Å². The molecule has 1 fully saturated rings. The van der Waals surface area contributed by atoms with Gasteiger partial charge in [0.15, 0.2) is 5.43 Å². The highest BCUT2D eigenvalue weighted by molar-refractivity contribution is 5.85. The van der Waals surface area contributed by atoms with Crippen LogP contribution in [0.25, 0.3) is 0 Å². The molecule has 2 rings (SSSR count). The van der Waals surface area contributed by atoms with Gasteiger partial charge < -0.3 is 10.3 Å². The molecule has 0 spiro atoms. The van der Waals surface area contributed by atoms with E-state index in [9.17, 15) is 4.79 Å². The van der Waals surface area contributed by atoms with Gasteiger partial charge in [0.05, 0.1) is 0 Å². The third-order valence-corrected chi connectivity index (χ3v) is 2.50. The number of aromatic nitrogens is 1. The van der Waals surface area contributed by atoms with E-state index >= 15 is 0 Å². The molecule has 0 saturated carbocycles. The monoisotopic (exact) mass is 214 g/mol. The summed E-state index contributed by atoms with van der Waals surface area (Å²) in [4.78, 5) is 14.5. The van der Waals surface area contributed by atoms with Crippen molar-refractivity contribution in [2.24, 2.45) is 0 Å². The predicted molar refractivity (Wildman–Crippen MR) is 59.3 cm³/mol. The van der Waals surface area contributed by atoms with Crippen molar-refractivity contribution in [3.05, 3.63) is 33.7 Å². The third kappa shape index (κ3) is 2.36. The zero-order chi connectivity index (χ0) is 9.26. The lowest BCUT2D eigenvalue weighted by molar-refractivity contribution is 0.730. The molecule has 1 saturated heterocycles. The number of pyridine rings is 1. The average Bonchev–Trinajstić information content (AvgIpc) is 2.53. The Morgan fingerprint density at radius 3 is 2.79 bits per heavy atom. The summed E-state index contributed by atoms with van der Waals surface area (Å²) in [5, 5.41) is 3.29. The molecule has 0 bridgehead atoms. The van der Waals surface area contributed by atoms with Gasteiger partial charge in [-0.25, -0.2) is 0 Å². The molecule has 2 N–H and O–H groups in total. The molecular weight excluding hydrogens is 200 g/mol. The lowest BCUT2D eigenvalue weighted by atomic mass is 10.0. The van der Waals surface area contributed by atoms with Gasteiger partial charge in [0.2, 0.25) is 0 Å². The van der Waals surface area contributed by atoms with E-state index in [1.54, 1.807) is 12.1 Å². The molecule has 0 aromatic carbocycles. The molecule has 4 heteroatoms. The van der Waals surface area contributed by atoms with Crippen molar-refractivity contribution in [1.82, 2.24) is 10.3 Å². The Morgan fingerprint density at radius 2 is 2.21 bits per heavy atom. The predicted octanol–water partition coefficient (Wildman–Crippen LogP) is 1.18. The second kappa shape index (κ2) is 4.62. The second-order valence-electron chi connectivity index (χ2n) is 3.64. The summed E-state index contributed by atoms with van der Waals surface area (Å²) >= 11 is 0. The maximum atomic E-state index is 11.2. The van der Waals surface area contributed by atoms with Gasteiger partial charge in [-0.05, 0) is 19.9 Å². The molecule has 2 heterocycles. The number of aromatic amines is 1. The summed E-state index contributed by atoms with van der Waals surface area (Å²) in [7, 11) is 0. The number of nitrogens with one attached hydrogen (secondary N) is 2. The topological polar surface area (TPSA) is 44.9 Å². The van der Waals surface area contributed by atoms with Crippen LogP contribution in [0.5, 0.6) is 0 Å². The van der Waals surface area contributed by atoms with E-state index in [4.69, 9.17) is 0 Å². The Balaban J connectivity index is 0.000000980. The largest absolute Gasteiger partial charge is 0.362 e. The molecule has 1 aliphatic rings. The van der Waals surface area contributed by atoms with Crippen molar-refractivity contribution in [3.8, 4) is 0 Å². The van der Waals surface area contributed by atoms with Crippen molar-refractivity contribution in [1.29, 1.82) is 0 Å². The fourth-order valence-electron chi connectivity index (χ4n) is 1.85. The number of H-pyrrole nitrogens is 1. The Morgan fingerprint density at radius 1 is 1.43 bits per heavy atom. The van der Waals surface area contributed by atoms with Crippen LogP contribution in [0.3, 0.4) is 0 Å². The average molecular weight is 215 g/mol. The van der Waals surface area contributed by atoms with Crippen LogP contribution in [0.4, 0.5) is 0 Å². The Bertz CT molecular complexity index is 355. The zero-order valence-corrected chi connectivity index (χ0v) is 8.99. The van der Waals surface area contributed by atoms with Crippen LogP contribution >= 0.6 is 12.4 Å². The second-order valence-corrected chi connectivity index (χ2v) is 3.64. The molecule has 1 unspecified atom stereocenters. The minimum atomic E-state index is 0. The number of halogens is 1. The Kier molecular flexibility index (Phi) is 3.72. The molecule has 1 aliphatic heterocycles. The van der Waals surface area contributed by atoms with E-state index in [1.165, 1.54) is 0 Å². The standard InChI is InChI=1S/C10H14N2O.ClH/c1-7-4-9(13)5-10(12-7)8-2-3-11-6-8;/h4-5,8,11H,2-3,6H2,1H3,(H,12,13);1H. The Hall–Kier alpha value is -0.800. The minimum absolute atomic E-state index is 0. The summed E-state index contributed by atoms with van der Waals surface area (Å²) in [6, 6.07) is 3.34. The fraction of sp³-hybridized carbons (Fsp3) is 0.500. The van der Waals surface area contributed by atoms with Crippen LogP contribution in [-0.2, 0) is 0 Å². The van der Waals surface area contributed by atoms with Crippen LogP contribution in [-0.4, -0.2) is 18.1 Å². The van der Waals surface area contributed by atoms with Gasteiger partial charge in [0.25, 0.3) is 0 Å². The molecule has 3 nitrogen and oxygen atoms in total. The lowest BCUT2D eigenvalue weighted by Crippen LogP contribution is -2.12. The summed E-state index contributed by atoms with van der Waals surface area (Å²) in [5.41, 5.74) is 2.14. The smallest absolute Gasteiger partial charge is 0.182 e. The van der Waals surface area contributed by atoms with Gasteiger partial charge in [0.1, 0.15) is 0 Å². The first-order valence-electron chi connectivity index (χ1n) is 4.67. The number of rotatable bonds is 1. The maximum absolute atomic E-state index is 11.2. The minimum Gasteiger partial charge on any atom is -0.362 e. The van der Waals surface area contributed by atoms with Crippen LogP contribution in [0.15, 0.2) is 16.9 Å². The van der Waals surface area contributed by atoms with Gasteiger partial charge in [-0.1, -0.05) is 0 Å². The quantitative estimate of drug-likeness (QED) is 0.738. The molecule has 1 atom stereocenters. The van der Waals surface area contributed by atoms with E-state index in [-0.39, 0.29) is 17.8 Å². The molecule has 0 aliphatic carbocycles. The number of hydrogen-bond acceptors (Lipinski definition) is 2. The van der Waals surface area contributed by atoms with Gasteiger partial charge in [-0.15, -0.1) is 12.4 Å². The van der Waals surface area contributed by atoms with Crippen molar-refractivity contribution >= 4 is 12.4 Å². The normalized spacial score (nSPS) is 20.5. The van der Waals surface area contributed by atoms with Crippen LogP contribution in [0.1, 0.15) is 23.7 Å². The molecule has 78 valence electrons. The van der Waals surface area contributed by atoms with Gasteiger partial charge in [-0.2, -0.15) is 0 Å². The highest BCUT2D eigenvalue weighted by Crippen LogP contribution is 2.18. The van der Waals surface area contributed by atoms with Crippen molar-refractivity contribution in [2.75, 3.05) is 13.1 Å². The molecule has 1 aromatic heterocycles. The van der Waals surface area contributed by atoms with E-state index in [1.807, 2.05) is 6.92 Å². The molecule has 1 aromatic rings. The molecule has 0 radical (unpaired) electrons. The van der Waals surface area contributed by atoms with Gasteiger partial charge in [0, 0.05) is 36.0 Å². The highest BCUT2D eigenvalue weighted by atomic mass is 35.5. The van der Waals surface area contributed by atoms with E-state index in [0.717, 1.165) is 30.9 Å². The first-order chi connectivity index (χ1) is 6.25. The summed E-state index contributed by atoms with van der Waals surface area (Å²) < 4.78 is 0. The van der Waals surface area contributed by atoms with Gasteiger partial charge >= 0.3 is 0 Å². The SMILES string of the molecule is Cc1cc(=O)cc(C2CCNC2)[nH]1.Cl. The summed E-state index contributed by atoms with van der Waals surface area (Å²) in [6.07, 6.45) is 1.12. The zero-order valence-electron chi connectivity index (χ0n) is 8.17. The molecular formula is C10H15ClN2O. The fourth-order valence-corrected chi connectivity index (χ4v) is 1.85. The van der Waals surface area contributed by atoms with Gasteiger partial charge in [-0.3, -0.25) is 4.79 Å². The van der Waals surface area contributed by atoms with Crippen molar-refractivity contribution in [3.63, 3.8) is 0 Å². The molecule has 0 amide bonds. The van der Waals surface area contributed by atoms with Crippen LogP contribution < -0.4 is 10.7 Å². The van der Waals surface area contributed by atoms with Crippen molar-refractivity contribution in [2.45, 2.75) is 19.3 Å². The summed E-state index contributed by atoms with van der Waals surface area (Å²) in [6.45, 7) is 3.97. The first kappa shape index (κ1) is 11.3. The summed E-state index contributed by atoms with van der Waals surface area (Å²) in [5.74, 6) is 0.493. The Labute approximate surface area is 89.3 Å². The van der Waals surface area contributed by atoms with Crippen LogP contribution in [0, 0.1) is 6.92 Å².